The molecule has 7 heteroatoms. The van der Waals surface area contributed by atoms with Crippen LogP contribution in [0, 0.1) is 5.92 Å². The average Bonchev–Trinajstić information content (AvgIpc) is 2.45. The first-order valence-electron chi connectivity index (χ1n) is 8.10. The Morgan fingerprint density at radius 2 is 2.00 bits per heavy atom. The van der Waals surface area contributed by atoms with E-state index in [0.29, 0.717) is 24.1 Å². The van der Waals surface area contributed by atoms with E-state index in [0.717, 1.165) is 0 Å². The summed E-state index contributed by atoms with van der Waals surface area (Å²) in [6.07, 6.45) is 8.25. The molecule has 0 radical (unpaired) electrons. The topological polar surface area (TPSA) is 77.2 Å². The number of amides is 1. The number of anilines is 1. The third-order valence-electron chi connectivity index (χ3n) is 3.84. The van der Waals surface area contributed by atoms with Crippen molar-refractivity contribution in [2.45, 2.75) is 57.9 Å². The van der Waals surface area contributed by atoms with Crippen molar-refractivity contribution in [2.24, 2.45) is 11.7 Å². The predicted molar refractivity (Wildman–Crippen MR) is 102 cm³/mol. The van der Waals surface area contributed by atoms with Crippen molar-refractivity contribution in [1.29, 1.82) is 0 Å². The molecule has 0 unspecified atom stereocenters. The van der Waals surface area contributed by atoms with E-state index in [4.69, 9.17) is 10.5 Å². The van der Waals surface area contributed by atoms with Crippen molar-refractivity contribution in [1.82, 2.24) is 4.98 Å². The third kappa shape index (κ3) is 8.18. The maximum Gasteiger partial charge on any atom is 0.227 e. The quantitative estimate of drug-likeness (QED) is 0.786. The lowest BCUT2D eigenvalue weighted by atomic mass is 9.90. The van der Waals surface area contributed by atoms with E-state index in [9.17, 15) is 4.79 Å². The van der Waals surface area contributed by atoms with E-state index in [1.54, 1.807) is 6.20 Å². The number of hydrogen-bond donors (Lipinski definition) is 2. The molecular formula is C17H29Cl2N3O2. The van der Waals surface area contributed by atoms with Gasteiger partial charge >= 0.3 is 0 Å². The number of rotatable bonds is 6. The SMILES string of the molecule is CC(C)(N)CC(=O)Nc1ncccc1OCC1CCCCC1.Cl.Cl. The molecule has 0 atom stereocenters. The molecule has 24 heavy (non-hydrogen) atoms. The van der Waals surface area contributed by atoms with Crippen LogP contribution in [0.25, 0.3) is 0 Å². The Bertz CT molecular complexity index is 501. The van der Waals surface area contributed by atoms with Crippen molar-refractivity contribution >= 4 is 36.5 Å². The Labute approximate surface area is 156 Å². The van der Waals surface area contributed by atoms with Gasteiger partial charge in [-0.25, -0.2) is 4.98 Å². The summed E-state index contributed by atoms with van der Waals surface area (Å²) in [6, 6.07) is 3.66. The van der Waals surface area contributed by atoms with Gasteiger partial charge in [0.25, 0.3) is 0 Å². The molecule has 1 aliphatic rings. The maximum absolute atomic E-state index is 12.0. The molecule has 1 amide bonds. The van der Waals surface area contributed by atoms with Crippen LogP contribution in [0.1, 0.15) is 52.4 Å². The highest BCUT2D eigenvalue weighted by Gasteiger charge is 2.19. The van der Waals surface area contributed by atoms with Crippen LogP contribution in [0.4, 0.5) is 5.82 Å². The minimum absolute atomic E-state index is 0. The minimum atomic E-state index is -0.540. The maximum atomic E-state index is 12.0. The van der Waals surface area contributed by atoms with Gasteiger partial charge in [0.05, 0.1) is 6.61 Å². The highest BCUT2D eigenvalue weighted by atomic mass is 35.5. The highest BCUT2D eigenvalue weighted by molar-refractivity contribution is 5.91. The number of nitrogens with zero attached hydrogens (tertiary/aromatic N) is 1. The van der Waals surface area contributed by atoms with Crippen molar-refractivity contribution in [2.75, 3.05) is 11.9 Å². The van der Waals surface area contributed by atoms with Crippen LogP contribution in [0.5, 0.6) is 5.75 Å². The van der Waals surface area contributed by atoms with Crippen LogP contribution in [-0.2, 0) is 4.79 Å². The fourth-order valence-corrected chi connectivity index (χ4v) is 2.75. The van der Waals surface area contributed by atoms with Gasteiger partial charge in [0.15, 0.2) is 11.6 Å². The van der Waals surface area contributed by atoms with Crippen molar-refractivity contribution < 1.29 is 9.53 Å². The molecule has 0 spiro atoms. The van der Waals surface area contributed by atoms with Gasteiger partial charge in [0.1, 0.15) is 0 Å². The third-order valence-corrected chi connectivity index (χ3v) is 3.84. The van der Waals surface area contributed by atoms with Crippen molar-refractivity contribution in [3.05, 3.63) is 18.3 Å². The number of nitrogens with two attached hydrogens (primary N) is 1. The first-order valence-corrected chi connectivity index (χ1v) is 8.10. The number of carbonyl (C=O) groups is 1. The summed E-state index contributed by atoms with van der Waals surface area (Å²) in [5.74, 6) is 1.58. The Hall–Kier alpha value is -1.04. The first-order chi connectivity index (χ1) is 10.4. The molecule has 2 rings (SSSR count). The smallest absolute Gasteiger partial charge is 0.227 e. The van der Waals surface area contributed by atoms with E-state index in [1.165, 1.54) is 32.1 Å². The second kappa shape index (κ2) is 10.7. The van der Waals surface area contributed by atoms with Crippen molar-refractivity contribution in [3.63, 3.8) is 0 Å². The Kier molecular flexibility index (Phi) is 10.3. The predicted octanol–water partition coefficient (Wildman–Crippen LogP) is 3.95. The number of aromatic nitrogens is 1. The second-order valence-electron chi connectivity index (χ2n) is 6.88. The summed E-state index contributed by atoms with van der Waals surface area (Å²) in [7, 11) is 0. The van der Waals surface area contributed by atoms with Gasteiger partial charge < -0.3 is 15.8 Å². The molecule has 1 heterocycles. The summed E-state index contributed by atoms with van der Waals surface area (Å²) >= 11 is 0. The standard InChI is InChI=1S/C17H27N3O2.2ClH/c1-17(2,18)11-15(21)20-16-14(9-6-10-19-16)22-12-13-7-4-3-5-8-13;;/h6,9-10,13H,3-5,7-8,11-12,18H2,1-2H3,(H,19,20,21);2*1H. The fraction of sp³-hybridized carbons (Fsp3) is 0.647. The summed E-state index contributed by atoms with van der Waals surface area (Å²) in [6.45, 7) is 4.34. The van der Waals surface area contributed by atoms with Crippen molar-refractivity contribution in [3.8, 4) is 5.75 Å². The van der Waals surface area contributed by atoms with Gasteiger partial charge in [-0.1, -0.05) is 19.3 Å². The van der Waals surface area contributed by atoms with Crippen LogP contribution in [0.15, 0.2) is 18.3 Å². The van der Waals surface area contributed by atoms with E-state index >= 15 is 0 Å². The summed E-state index contributed by atoms with van der Waals surface area (Å²) in [5, 5.41) is 2.80. The molecule has 0 saturated heterocycles. The largest absolute Gasteiger partial charge is 0.489 e. The van der Waals surface area contributed by atoms with Gasteiger partial charge in [-0.15, -0.1) is 24.8 Å². The summed E-state index contributed by atoms with van der Waals surface area (Å²) in [5.41, 5.74) is 5.33. The second-order valence-corrected chi connectivity index (χ2v) is 6.88. The molecule has 5 nitrogen and oxygen atoms in total. The Morgan fingerprint density at radius 1 is 1.33 bits per heavy atom. The minimum Gasteiger partial charge on any atom is -0.489 e. The molecular weight excluding hydrogens is 349 g/mol. The molecule has 1 aromatic rings. The number of ether oxygens (including phenoxy) is 1. The molecule has 1 saturated carbocycles. The zero-order chi connectivity index (χ0) is 16.0. The number of halogens is 2. The normalized spacial score (nSPS) is 15.0. The number of hydrogen-bond acceptors (Lipinski definition) is 4. The van der Waals surface area contributed by atoms with Crippen LogP contribution in [0.2, 0.25) is 0 Å². The molecule has 138 valence electrons. The molecule has 3 N–H and O–H groups in total. The lowest BCUT2D eigenvalue weighted by Gasteiger charge is -2.22. The monoisotopic (exact) mass is 377 g/mol. The number of nitrogens with one attached hydrogen (secondary N) is 1. The Morgan fingerprint density at radius 3 is 2.62 bits per heavy atom. The van der Waals surface area contributed by atoms with Gasteiger partial charge in [-0.3, -0.25) is 4.79 Å². The van der Waals surface area contributed by atoms with Crippen LogP contribution < -0.4 is 15.8 Å². The molecule has 0 aromatic carbocycles. The Balaban J connectivity index is 0.00000264. The van der Waals surface area contributed by atoms with Gasteiger partial charge in [-0.2, -0.15) is 0 Å². The molecule has 0 bridgehead atoms. The molecule has 1 aromatic heterocycles. The first kappa shape index (κ1) is 23.0. The zero-order valence-electron chi connectivity index (χ0n) is 14.4. The van der Waals surface area contributed by atoms with Gasteiger partial charge in [-0.05, 0) is 44.7 Å². The lowest BCUT2D eigenvalue weighted by molar-refractivity contribution is -0.117. The van der Waals surface area contributed by atoms with E-state index in [2.05, 4.69) is 10.3 Å². The van der Waals surface area contributed by atoms with E-state index in [-0.39, 0.29) is 37.1 Å². The lowest BCUT2D eigenvalue weighted by Crippen LogP contribution is -2.36. The number of pyridine rings is 1. The van der Waals surface area contributed by atoms with Gasteiger partial charge in [0.2, 0.25) is 5.91 Å². The molecule has 1 aliphatic carbocycles. The number of carbonyl (C=O) groups excluding carboxylic acids is 1. The summed E-state index contributed by atoms with van der Waals surface area (Å²) < 4.78 is 5.90. The summed E-state index contributed by atoms with van der Waals surface area (Å²) in [4.78, 5) is 16.2. The van der Waals surface area contributed by atoms with Gasteiger partial charge in [0, 0.05) is 18.2 Å². The van der Waals surface area contributed by atoms with E-state index < -0.39 is 5.54 Å². The van der Waals surface area contributed by atoms with Crippen LogP contribution in [0.3, 0.4) is 0 Å². The molecule has 1 fully saturated rings. The molecule has 0 aliphatic heterocycles. The average molecular weight is 378 g/mol. The van der Waals surface area contributed by atoms with Crippen LogP contribution >= 0.6 is 24.8 Å². The zero-order valence-corrected chi connectivity index (χ0v) is 16.0. The highest BCUT2D eigenvalue weighted by Crippen LogP contribution is 2.27. The van der Waals surface area contributed by atoms with E-state index in [1.807, 2.05) is 26.0 Å². The van der Waals surface area contributed by atoms with Crippen LogP contribution in [-0.4, -0.2) is 23.0 Å². The fourth-order valence-electron chi connectivity index (χ4n) is 2.75.